The lowest BCUT2D eigenvalue weighted by Gasteiger charge is -2.37. The Kier molecular flexibility index (Phi) is 8.32. The van der Waals surface area contributed by atoms with Crippen LogP contribution in [-0.2, 0) is 0 Å². The number of halogens is 2. The van der Waals surface area contributed by atoms with E-state index in [0.29, 0.717) is 13.1 Å². The number of ether oxygens (including phenoxy) is 1. The molecule has 4 rings (SSSR count). The first-order chi connectivity index (χ1) is 13.6. The molecule has 1 aliphatic heterocycles. The van der Waals surface area contributed by atoms with Crippen LogP contribution in [-0.4, -0.2) is 47.1 Å². The van der Waals surface area contributed by atoms with Gasteiger partial charge in [-0.1, -0.05) is 18.2 Å². The van der Waals surface area contributed by atoms with E-state index in [2.05, 4.69) is 14.9 Å². The number of thiazole rings is 1. The summed E-state index contributed by atoms with van der Waals surface area (Å²) in [5.41, 5.74) is 3.70. The molecule has 2 aromatic heterocycles. The molecule has 3 aromatic rings. The Balaban J connectivity index is 0.00000160. The molecular weight excluding hydrogens is 443 g/mol. The number of nitrogens with one attached hydrogen (secondary N) is 1. The lowest BCUT2D eigenvalue weighted by molar-refractivity contribution is 0.0631. The lowest BCUT2D eigenvalue weighted by atomic mass is 10.0. The number of hydrogen-bond acceptors (Lipinski definition) is 5. The molecule has 30 heavy (non-hydrogen) atoms. The number of hydrogen-bond donors (Lipinski definition) is 1. The fourth-order valence-electron chi connectivity index (χ4n) is 3.92. The molecule has 1 saturated heterocycles. The van der Waals surface area contributed by atoms with E-state index in [1.165, 1.54) is 0 Å². The van der Waals surface area contributed by atoms with E-state index in [-0.39, 0.29) is 36.8 Å². The molecule has 1 atom stereocenters. The van der Waals surface area contributed by atoms with E-state index in [0.717, 1.165) is 39.9 Å². The van der Waals surface area contributed by atoms with Crippen LogP contribution in [0.15, 0.2) is 41.9 Å². The highest BCUT2D eigenvalue weighted by atomic mass is 35.5. The number of benzene rings is 1. The molecule has 1 amide bonds. The highest BCUT2D eigenvalue weighted by molar-refractivity contribution is 7.12. The highest BCUT2D eigenvalue weighted by Gasteiger charge is 2.32. The smallest absolute Gasteiger partial charge is 0.256 e. The van der Waals surface area contributed by atoms with Gasteiger partial charge < -0.3 is 15.0 Å². The van der Waals surface area contributed by atoms with Gasteiger partial charge in [-0.05, 0) is 26.0 Å². The number of methoxy groups -OCH3 is 1. The lowest BCUT2D eigenvalue weighted by Crippen LogP contribution is -2.48. The molecule has 1 aliphatic rings. The molecule has 0 spiro atoms. The van der Waals surface area contributed by atoms with Crippen LogP contribution in [0.4, 0.5) is 0 Å². The van der Waals surface area contributed by atoms with E-state index in [9.17, 15) is 4.79 Å². The zero-order valence-corrected chi connectivity index (χ0v) is 19.6. The van der Waals surface area contributed by atoms with Gasteiger partial charge in [-0.25, -0.2) is 4.98 Å². The number of piperazine rings is 1. The first kappa shape index (κ1) is 24.2. The summed E-state index contributed by atoms with van der Waals surface area (Å²) < 4.78 is 7.61. The summed E-state index contributed by atoms with van der Waals surface area (Å²) in [7, 11) is 1.67. The van der Waals surface area contributed by atoms with Crippen LogP contribution in [0.25, 0.3) is 5.13 Å². The zero-order chi connectivity index (χ0) is 19.7. The Morgan fingerprint density at radius 3 is 2.73 bits per heavy atom. The van der Waals surface area contributed by atoms with Crippen molar-refractivity contribution in [2.75, 3.05) is 26.7 Å². The van der Waals surface area contributed by atoms with Crippen molar-refractivity contribution < 1.29 is 9.53 Å². The van der Waals surface area contributed by atoms with Gasteiger partial charge in [-0.2, -0.15) is 0 Å². The van der Waals surface area contributed by atoms with Crippen LogP contribution < -0.4 is 10.1 Å². The molecule has 0 bridgehead atoms. The van der Waals surface area contributed by atoms with Gasteiger partial charge in [0.1, 0.15) is 5.75 Å². The average Bonchev–Trinajstić information content (AvgIpc) is 3.35. The third-order valence-electron chi connectivity index (χ3n) is 5.27. The number of aromatic nitrogens is 2. The van der Waals surface area contributed by atoms with Gasteiger partial charge in [0.2, 0.25) is 0 Å². The van der Waals surface area contributed by atoms with Gasteiger partial charge in [0, 0.05) is 48.2 Å². The van der Waals surface area contributed by atoms with Gasteiger partial charge >= 0.3 is 0 Å². The molecule has 3 heterocycles. The molecule has 1 N–H and O–H groups in total. The van der Waals surface area contributed by atoms with Crippen molar-refractivity contribution in [2.24, 2.45) is 0 Å². The van der Waals surface area contributed by atoms with Crippen LogP contribution >= 0.6 is 36.2 Å². The maximum absolute atomic E-state index is 13.6. The van der Waals surface area contributed by atoms with Crippen molar-refractivity contribution in [1.82, 2.24) is 19.8 Å². The third kappa shape index (κ3) is 4.34. The fraction of sp³-hybridized carbons (Fsp3) is 0.333. The largest absolute Gasteiger partial charge is 0.496 e. The number of carbonyl (C=O) groups excluding carboxylic acids is 1. The van der Waals surface area contributed by atoms with Crippen molar-refractivity contribution in [2.45, 2.75) is 19.9 Å². The minimum absolute atomic E-state index is 0. The molecule has 6 nitrogen and oxygen atoms in total. The number of rotatable bonds is 4. The van der Waals surface area contributed by atoms with Crippen molar-refractivity contribution in [3.05, 3.63) is 64.4 Å². The van der Waals surface area contributed by atoms with Gasteiger partial charge in [0.25, 0.3) is 5.91 Å². The number of carbonyl (C=O) groups is 1. The summed E-state index contributed by atoms with van der Waals surface area (Å²) in [6, 6.07) is 9.83. The van der Waals surface area contributed by atoms with Crippen LogP contribution in [0.3, 0.4) is 0 Å². The number of nitrogens with zero attached hydrogens (tertiary/aromatic N) is 3. The Bertz CT molecular complexity index is 991. The summed E-state index contributed by atoms with van der Waals surface area (Å²) in [5, 5.41) is 6.24. The topological polar surface area (TPSA) is 59.4 Å². The first-order valence-corrected chi connectivity index (χ1v) is 10.2. The molecule has 0 saturated carbocycles. The molecule has 1 fully saturated rings. The van der Waals surface area contributed by atoms with E-state index in [1.54, 1.807) is 24.6 Å². The van der Waals surface area contributed by atoms with Gasteiger partial charge in [0.05, 0.1) is 18.7 Å². The fourth-order valence-corrected chi connectivity index (χ4v) is 4.67. The minimum Gasteiger partial charge on any atom is -0.496 e. The van der Waals surface area contributed by atoms with Crippen molar-refractivity contribution >= 4 is 42.1 Å². The number of amides is 1. The second-order valence-electron chi connectivity index (χ2n) is 6.90. The molecule has 0 aliphatic carbocycles. The third-order valence-corrected chi connectivity index (χ3v) is 6.03. The molecule has 1 aromatic carbocycles. The standard InChI is InChI=1S/C21H24N4O2S.2ClH/c1-14-12-17(15(2)25(14)21-23-9-11-28-21)20(26)24-10-8-22-13-18(24)16-6-4-5-7-19(16)27-3;;/h4-7,9,11-12,18,22H,8,10,13H2,1-3H3;2*1H. The van der Waals surface area contributed by atoms with Crippen LogP contribution in [0, 0.1) is 13.8 Å². The summed E-state index contributed by atoms with van der Waals surface area (Å²) >= 11 is 1.57. The van der Waals surface area contributed by atoms with Crippen LogP contribution in [0.2, 0.25) is 0 Å². The molecular formula is C21H26Cl2N4O2S. The number of aryl methyl sites for hydroxylation is 1. The Hall–Kier alpha value is -2.06. The van der Waals surface area contributed by atoms with Gasteiger partial charge in [-0.3, -0.25) is 9.36 Å². The Morgan fingerprint density at radius 1 is 1.27 bits per heavy atom. The summed E-state index contributed by atoms with van der Waals surface area (Å²) in [4.78, 5) is 19.9. The normalized spacial score (nSPS) is 15.8. The second-order valence-corrected chi connectivity index (χ2v) is 7.77. The predicted molar refractivity (Wildman–Crippen MR) is 125 cm³/mol. The molecule has 0 radical (unpaired) electrons. The van der Waals surface area contributed by atoms with Crippen molar-refractivity contribution in [3.8, 4) is 10.9 Å². The van der Waals surface area contributed by atoms with Crippen molar-refractivity contribution in [3.63, 3.8) is 0 Å². The van der Waals surface area contributed by atoms with E-state index < -0.39 is 0 Å². The van der Waals surface area contributed by atoms with Gasteiger partial charge in [0.15, 0.2) is 5.13 Å². The number of para-hydroxylation sites is 1. The Labute approximate surface area is 193 Å². The van der Waals surface area contributed by atoms with E-state index in [1.807, 2.05) is 54.5 Å². The highest BCUT2D eigenvalue weighted by Crippen LogP contribution is 2.32. The summed E-state index contributed by atoms with van der Waals surface area (Å²) in [6.45, 7) is 6.14. The molecule has 1 unspecified atom stereocenters. The van der Waals surface area contributed by atoms with E-state index in [4.69, 9.17) is 4.74 Å². The quantitative estimate of drug-likeness (QED) is 0.623. The maximum atomic E-state index is 13.6. The maximum Gasteiger partial charge on any atom is 0.256 e. The summed E-state index contributed by atoms with van der Waals surface area (Å²) in [5.74, 6) is 0.857. The minimum atomic E-state index is -0.0691. The Morgan fingerprint density at radius 2 is 2.03 bits per heavy atom. The summed E-state index contributed by atoms with van der Waals surface area (Å²) in [6.07, 6.45) is 1.79. The first-order valence-electron chi connectivity index (χ1n) is 9.35. The SMILES string of the molecule is COc1ccccc1C1CNCCN1C(=O)c1cc(C)n(-c2nccs2)c1C.Cl.Cl. The average molecular weight is 469 g/mol. The van der Waals surface area contributed by atoms with Crippen LogP contribution in [0.5, 0.6) is 5.75 Å². The van der Waals surface area contributed by atoms with Gasteiger partial charge in [-0.15, -0.1) is 36.2 Å². The second kappa shape index (κ2) is 10.3. The van der Waals surface area contributed by atoms with Crippen LogP contribution in [0.1, 0.15) is 33.4 Å². The molecule has 162 valence electrons. The van der Waals surface area contributed by atoms with Crippen molar-refractivity contribution in [1.29, 1.82) is 0 Å². The monoisotopic (exact) mass is 468 g/mol. The molecule has 9 heteroatoms. The van der Waals surface area contributed by atoms with E-state index >= 15 is 0 Å². The zero-order valence-electron chi connectivity index (χ0n) is 17.1. The predicted octanol–water partition coefficient (Wildman–Crippen LogP) is 4.19.